The Labute approximate surface area is 142 Å². The van der Waals surface area contributed by atoms with Crippen LogP contribution in [0.4, 0.5) is 24.5 Å². The van der Waals surface area contributed by atoms with Crippen molar-refractivity contribution < 1.29 is 22.8 Å². The van der Waals surface area contributed by atoms with E-state index in [0.717, 1.165) is 17.0 Å². The number of benzene rings is 2. The van der Waals surface area contributed by atoms with Gasteiger partial charge in [0.1, 0.15) is 17.5 Å². The zero-order valence-corrected chi connectivity index (χ0v) is 13.4. The van der Waals surface area contributed by atoms with Gasteiger partial charge < -0.3 is 10.2 Å². The number of nitrogens with zero attached hydrogens (tertiary/aromatic N) is 1. The molecule has 1 fully saturated rings. The zero-order valence-electron chi connectivity index (χ0n) is 13.4. The lowest BCUT2D eigenvalue weighted by atomic mass is 10.1. The average Bonchev–Trinajstić information content (AvgIpc) is 2.92. The Morgan fingerprint density at radius 3 is 2.56 bits per heavy atom. The highest BCUT2D eigenvalue weighted by Gasteiger charge is 2.36. The van der Waals surface area contributed by atoms with Gasteiger partial charge in [-0.15, -0.1) is 0 Å². The number of hydrogen-bond acceptors (Lipinski definition) is 2. The molecule has 1 atom stereocenters. The summed E-state index contributed by atoms with van der Waals surface area (Å²) < 4.78 is 40.7. The molecular weight excluding hydrogens is 333 g/mol. The van der Waals surface area contributed by atoms with Gasteiger partial charge >= 0.3 is 0 Å². The predicted molar refractivity (Wildman–Crippen MR) is 86.6 cm³/mol. The Morgan fingerprint density at radius 1 is 1.12 bits per heavy atom. The fourth-order valence-corrected chi connectivity index (χ4v) is 2.77. The minimum absolute atomic E-state index is 0.0226. The van der Waals surface area contributed by atoms with Crippen LogP contribution in [0.2, 0.25) is 0 Å². The maximum absolute atomic E-state index is 13.9. The summed E-state index contributed by atoms with van der Waals surface area (Å²) in [5, 5.41) is 2.45. The SMILES string of the molecule is Cc1ccc(NC(=O)C2CC(=O)N(c3ccc(F)cc3F)C2)c(F)c1. The fraction of sp³-hybridized carbons (Fsp3) is 0.222. The van der Waals surface area contributed by atoms with Gasteiger partial charge in [-0.1, -0.05) is 6.07 Å². The Bertz CT molecular complexity index is 854. The summed E-state index contributed by atoms with van der Waals surface area (Å²) in [4.78, 5) is 25.5. The van der Waals surface area contributed by atoms with Gasteiger partial charge in [-0.25, -0.2) is 13.2 Å². The monoisotopic (exact) mass is 348 g/mol. The molecule has 0 aliphatic carbocycles. The fourth-order valence-electron chi connectivity index (χ4n) is 2.77. The summed E-state index contributed by atoms with van der Waals surface area (Å²) in [6.45, 7) is 1.67. The molecule has 25 heavy (non-hydrogen) atoms. The number of halogens is 3. The van der Waals surface area contributed by atoms with Crippen LogP contribution < -0.4 is 10.2 Å². The Hall–Kier alpha value is -2.83. The van der Waals surface area contributed by atoms with E-state index in [-0.39, 0.29) is 24.3 Å². The topological polar surface area (TPSA) is 49.4 Å². The Kier molecular flexibility index (Phi) is 4.48. The lowest BCUT2D eigenvalue weighted by Crippen LogP contribution is -2.29. The van der Waals surface area contributed by atoms with Crippen molar-refractivity contribution in [2.24, 2.45) is 5.92 Å². The smallest absolute Gasteiger partial charge is 0.229 e. The first-order valence-corrected chi connectivity index (χ1v) is 7.67. The van der Waals surface area contributed by atoms with Crippen LogP contribution in [0.1, 0.15) is 12.0 Å². The van der Waals surface area contributed by atoms with E-state index in [1.54, 1.807) is 13.0 Å². The molecular formula is C18H15F3N2O2. The van der Waals surface area contributed by atoms with E-state index < -0.39 is 35.2 Å². The molecule has 1 aliphatic heterocycles. The highest BCUT2D eigenvalue weighted by molar-refractivity contribution is 6.03. The molecule has 0 saturated carbocycles. The molecule has 0 radical (unpaired) electrons. The van der Waals surface area contributed by atoms with Crippen LogP contribution in [0.25, 0.3) is 0 Å². The van der Waals surface area contributed by atoms with Gasteiger partial charge in [0, 0.05) is 19.0 Å². The van der Waals surface area contributed by atoms with E-state index in [4.69, 9.17) is 0 Å². The van der Waals surface area contributed by atoms with Crippen LogP contribution in [0.5, 0.6) is 0 Å². The van der Waals surface area contributed by atoms with Crippen molar-refractivity contribution in [1.29, 1.82) is 0 Å². The number of anilines is 2. The minimum atomic E-state index is -0.876. The maximum atomic E-state index is 13.9. The summed E-state index contributed by atoms with van der Waals surface area (Å²) in [5.74, 6) is -3.93. The Morgan fingerprint density at radius 2 is 1.88 bits per heavy atom. The van der Waals surface area contributed by atoms with Crippen LogP contribution in [-0.2, 0) is 9.59 Å². The molecule has 4 nitrogen and oxygen atoms in total. The largest absolute Gasteiger partial charge is 0.323 e. The van der Waals surface area contributed by atoms with Crippen molar-refractivity contribution in [2.45, 2.75) is 13.3 Å². The number of carbonyl (C=O) groups excluding carboxylic acids is 2. The molecule has 1 saturated heterocycles. The molecule has 2 amide bonds. The van der Waals surface area contributed by atoms with Crippen molar-refractivity contribution in [3.8, 4) is 0 Å². The number of rotatable bonds is 3. The van der Waals surface area contributed by atoms with Gasteiger partial charge in [-0.2, -0.15) is 0 Å². The van der Waals surface area contributed by atoms with Crippen molar-refractivity contribution in [2.75, 3.05) is 16.8 Å². The van der Waals surface area contributed by atoms with Gasteiger partial charge in [0.05, 0.1) is 17.3 Å². The zero-order chi connectivity index (χ0) is 18.1. The second kappa shape index (κ2) is 6.58. The van der Waals surface area contributed by atoms with Crippen LogP contribution in [-0.4, -0.2) is 18.4 Å². The van der Waals surface area contributed by atoms with Crippen molar-refractivity contribution in [1.82, 2.24) is 0 Å². The average molecular weight is 348 g/mol. The number of carbonyl (C=O) groups is 2. The van der Waals surface area contributed by atoms with Crippen molar-refractivity contribution in [3.63, 3.8) is 0 Å². The summed E-state index contributed by atoms with van der Waals surface area (Å²) in [7, 11) is 0. The van der Waals surface area contributed by atoms with Gasteiger partial charge in [-0.3, -0.25) is 9.59 Å². The minimum Gasteiger partial charge on any atom is -0.323 e. The van der Waals surface area contributed by atoms with Crippen LogP contribution in [0, 0.1) is 30.3 Å². The van der Waals surface area contributed by atoms with Crippen molar-refractivity contribution in [3.05, 3.63) is 59.4 Å². The third-order valence-corrected chi connectivity index (χ3v) is 4.08. The number of nitrogens with one attached hydrogen (secondary N) is 1. The standard InChI is InChI=1S/C18H15F3N2O2/c1-10-2-4-15(13(20)6-10)22-18(25)11-7-17(24)23(9-11)16-5-3-12(19)8-14(16)21/h2-6,8,11H,7,9H2,1H3,(H,22,25). The quantitative estimate of drug-likeness (QED) is 0.924. The molecule has 0 aromatic heterocycles. The van der Waals surface area contributed by atoms with Gasteiger partial charge in [0.15, 0.2) is 0 Å². The first kappa shape index (κ1) is 17.0. The highest BCUT2D eigenvalue weighted by atomic mass is 19.1. The number of amides is 2. The van der Waals surface area contributed by atoms with Gasteiger partial charge in [-0.05, 0) is 36.8 Å². The van der Waals surface area contributed by atoms with E-state index in [9.17, 15) is 22.8 Å². The summed E-state index contributed by atoms with van der Waals surface area (Å²) >= 11 is 0. The summed E-state index contributed by atoms with van der Waals surface area (Å²) in [5.41, 5.74) is 0.655. The van der Waals surface area contributed by atoms with Gasteiger partial charge in [0.25, 0.3) is 0 Å². The molecule has 2 aromatic carbocycles. The summed E-state index contributed by atoms with van der Waals surface area (Å²) in [6, 6.07) is 7.26. The first-order valence-electron chi connectivity index (χ1n) is 7.67. The van der Waals surface area contributed by atoms with E-state index in [1.807, 2.05) is 0 Å². The lowest BCUT2D eigenvalue weighted by molar-refractivity contribution is -0.122. The lowest BCUT2D eigenvalue weighted by Gasteiger charge is -2.17. The molecule has 0 bridgehead atoms. The molecule has 7 heteroatoms. The third kappa shape index (κ3) is 3.50. The van der Waals surface area contributed by atoms with Gasteiger partial charge in [0.2, 0.25) is 11.8 Å². The number of hydrogen-bond donors (Lipinski definition) is 1. The molecule has 2 aromatic rings. The maximum Gasteiger partial charge on any atom is 0.229 e. The van der Waals surface area contributed by atoms with Crippen LogP contribution in [0.3, 0.4) is 0 Å². The second-order valence-corrected chi connectivity index (χ2v) is 5.97. The summed E-state index contributed by atoms with van der Waals surface area (Å²) in [6.07, 6.45) is -0.129. The first-order chi connectivity index (χ1) is 11.8. The molecule has 0 spiro atoms. The Balaban J connectivity index is 1.74. The molecule has 1 unspecified atom stereocenters. The molecule has 3 rings (SSSR count). The van der Waals surface area contributed by atoms with E-state index in [1.165, 1.54) is 12.1 Å². The van der Waals surface area contributed by atoms with E-state index in [2.05, 4.69) is 5.32 Å². The number of aryl methyl sites for hydroxylation is 1. The molecule has 1 N–H and O–H groups in total. The van der Waals surface area contributed by atoms with Crippen LogP contribution in [0.15, 0.2) is 36.4 Å². The second-order valence-electron chi connectivity index (χ2n) is 5.97. The molecule has 1 aliphatic rings. The van der Waals surface area contributed by atoms with E-state index in [0.29, 0.717) is 11.6 Å². The normalized spacial score (nSPS) is 17.0. The molecule has 130 valence electrons. The third-order valence-electron chi connectivity index (χ3n) is 4.08. The van der Waals surface area contributed by atoms with Crippen LogP contribution >= 0.6 is 0 Å². The van der Waals surface area contributed by atoms with E-state index >= 15 is 0 Å². The predicted octanol–water partition coefficient (Wildman–Crippen LogP) is 3.40. The van der Waals surface area contributed by atoms with Crippen molar-refractivity contribution >= 4 is 23.2 Å². The highest BCUT2D eigenvalue weighted by Crippen LogP contribution is 2.29. The molecule has 1 heterocycles.